The molecule has 24 heavy (non-hydrogen) atoms. The number of carbonyl (C=O) groups is 3. The molecule has 0 radical (unpaired) electrons. The molecule has 1 unspecified atom stereocenters. The zero-order valence-electron chi connectivity index (χ0n) is 13.0. The third-order valence-electron chi connectivity index (χ3n) is 3.14. The molecule has 0 aromatic heterocycles. The monoisotopic (exact) mass is 327 g/mol. The Balaban J connectivity index is 2.96. The molecule has 0 spiro atoms. The summed E-state index contributed by atoms with van der Waals surface area (Å²) in [5.74, 6) is -0.460. The average molecular weight is 327 g/mol. The lowest BCUT2D eigenvalue weighted by Crippen LogP contribution is -2.53. The van der Waals surface area contributed by atoms with E-state index in [1.165, 1.54) is 0 Å². The van der Waals surface area contributed by atoms with E-state index in [4.69, 9.17) is 11.2 Å². The van der Waals surface area contributed by atoms with Crippen molar-refractivity contribution >= 4 is 17.8 Å². The van der Waals surface area contributed by atoms with E-state index in [1.54, 1.807) is 30.3 Å². The van der Waals surface area contributed by atoms with Crippen LogP contribution in [-0.4, -0.2) is 35.1 Å². The number of terminal acetylenes is 1. The Labute approximate surface area is 139 Å². The van der Waals surface area contributed by atoms with Gasteiger partial charge in [0.25, 0.3) is 5.91 Å². The molecule has 6 nitrogen and oxygen atoms in total. The molecular formula is C18H17NO5. The Hall–Kier alpha value is -3.29. The van der Waals surface area contributed by atoms with Gasteiger partial charge >= 0.3 is 11.9 Å². The molecule has 0 aliphatic carbocycles. The van der Waals surface area contributed by atoms with Crippen LogP contribution < -0.4 is 5.32 Å². The van der Waals surface area contributed by atoms with Gasteiger partial charge in [0.2, 0.25) is 0 Å². The largest absolute Gasteiger partial charge is 0.479 e. The van der Waals surface area contributed by atoms with Gasteiger partial charge in [0.15, 0.2) is 12.1 Å². The summed E-state index contributed by atoms with van der Waals surface area (Å²) in [7, 11) is 0. The molecule has 1 atom stereocenters. The maximum atomic E-state index is 12.3. The summed E-state index contributed by atoms with van der Waals surface area (Å²) >= 11 is 0. The molecule has 0 aliphatic rings. The standard InChI is InChI=1S/C18H17NO5/c1-3-11-18(17(22)23,12-10-15(20)24-13-4-2)19-16(21)14-8-6-5-7-9-14/h2,5-9,11H,1,10,12-13H2,(H,19,21)(H,22,23). The number of ether oxygens (including phenoxy) is 1. The molecule has 2 N–H and O–H groups in total. The van der Waals surface area contributed by atoms with Crippen LogP contribution in [0, 0.1) is 12.3 Å². The number of nitrogens with one attached hydrogen (secondary N) is 1. The summed E-state index contributed by atoms with van der Waals surface area (Å²) in [5, 5.41) is 12.0. The summed E-state index contributed by atoms with van der Waals surface area (Å²) < 4.78 is 4.70. The molecule has 1 aromatic carbocycles. The van der Waals surface area contributed by atoms with Gasteiger partial charge in [-0.3, -0.25) is 9.59 Å². The first-order valence-corrected chi connectivity index (χ1v) is 7.02. The van der Waals surface area contributed by atoms with E-state index in [0.717, 1.165) is 6.08 Å². The maximum absolute atomic E-state index is 12.3. The number of rotatable bonds is 8. The van der Waals surface area contributed by atoms with Crippen molar-refractivity contribution in [2.45, 2.75) is 18.4 Å². The first-order chi connectivity index (χ1) is 11.4. The summed E-state index contributed by atoms with van der Waals surface area (Å²) in [6.07, 6.45) is 5.61. The minimum atomic E-state index is -1.83. The SMILES string of the molecule is C#CCOC(=O)CCC(C=C=C)(NC(=O)c1ccccc1)C(=O)O. The highest BCUT2D eigenvalue weighted by atomic mass is 16.5. The van der Waals surface area contributed by atoms with Crippen LogP contribution in [0.4, 0.5) is 0 Å². The van der Waals surface area contributed by atoms with Crippen LogP contribution in [0.25, 0.3) is 0 Å². The first-order valence-electron chi connectivity index (χ1n) is 7.02. The second kappa shape index (κ2) is 8.99. The van der Waals surface area contributed by atoms with Crippen LogP contribution in [0.1, 0.15) is 23.2 Å². The Morgan fingerprint density at radius 2 is 2.00 bits per heavy atom. The van der Waals surface area contributed by atoms with Crippen LogP contribution in [-0.2, 0) is 14.3 Å². The van der Waals surface area contributed by atoms with Gasteiger partial charge in [-0.1, -0.05) is 30.7 Å². The number of benzene rings is 1. The maximum Gasteiger partial charge on any atom is 0.334 e. The first kappa shape index (κ1) is 18.8. The lowest BCUT2D eigenvalue weighted by molar-refractivity contribution is -0.145. The van der Waals surface area contributed by atoms with E-state index in [-0.39, 0.29) is 25.0 Å². The summed E-state index contributed by atoms with van der Waals surface area (Å²) in [5.41, 5.74) is 0.817. The highest BCUT2D eigenvalue weighted by Crippen LogP contribution is 2.17. The van der Waals surface area contributed by atoms with Crippen molar-refractivity contribution in [1.82, 2.24) is 5.32 Å². The van der Waals surface area contributed by atoms with Crippen LogP contribution in [0.5, 0.6) is 0 Å². The molecule has 1 rings (SSSR count). The Morgan fingerprint density at radius 3 is 2.54 bits per heavy atom. The molecular weight excluding hydrogens is 310 g/mol. The fourth-order valence-electron chi connectivity index (χ4n) is 1.92. The normalized spacial score (nSPS) is 12.0. The van der Waals surface area contributed by atoms with E-state index in [9.17, 15) is 19.5 Å². The van der Waals surface area contributed by atoms with E-state index in [0.29, 0.717) is 0 Å². The lowest BCUT2D eigenvalue weighted by Gasteiger charge is -2.26. The quantitative estimate of drug-likeness (QED) is 0.429. The van der Waals surface area contributed by atoms with Crippen molar-refractivity contribution in [3.05, 3.63) is 54.3 Å². The molecule has 0 heterocycles. The van der Waals surface area contributed by atoms with Crippen LogP contribution in [0.15, 0.2) is 48.7 Å². The lowest BCUT2D eigenvalue weighted by atomic mass is 9.92. The number of amides is 1. The van der Waals surface area contributed by atoms with Crippen molar-refractivity contribution < 1.29 is 24.2 Å². The van der Waals surface area contributed by atoms with Gasteiger partial charge in [-0.05, 0) is 24.6 Å². The highest BCUT2D eigenvalue weighted by Gasteiger charge is 2.38. The second-order valence-electron chi connectivity index (χ2n) is 4.81. The third-order valence-corrected chi connectivity index (χ3v) is 3.14. The van der Waals surface area contributed by atoms with Gasteiger partial charge in [-0.25, -0.2) is 4.79 Å². The van der Waals surface area contributed by atoms with Gasteiger partial charge < -0.3 is 15.2 Å². The van der Waals surface area contributed by atoms with Gasteiger partial charge in [0.1, 0.15) is 0 Å². The number of esters is 1. The van der Waals surface area contributed by atoms with Crippen LogP contribution in [0.3, 0.4) is 0 Å². The number of carboxylic acid groups (broad SMARTS) is 1. The fourth-order valence-corrected chi connectivity index (χ4v) is 1.92. The predicted molar refractivity (Wildman–Crippen MR) is 87.0 cm³/mol. The minimum absolute atomic E-state index is 0.202. The Kier molecular flexibility index (Phi) is 7.02. The van der Waals surface area contributed by atoms with Gasteiger partial charge in [0, 0.05) is 12.0 Å². The minimum Gasteiger partial charge on any atom is -0.479 e. The summed E-state index contributed by atoms with van der Waals surface area (Å²) in [6, 6.07) is 8.11. The van der Waals surface area contributed by atoms with Crippen molar-refractivity contribution in [2.24, 2.45) is 0 Å². The second-order valence-corrected chi connectivity index (χ2v) is 4.81. The third kappa shape index (κ3) is 5.16. The molecule has 124 valence electrons. The van der Waals surface area contributed by atoms with Gasteiger partial charge in [-0.15, -0.1) is 12.2 Å². The van der Waals surface area contributed by atoms with Gasteiger partial charge in [0.05, 0.1) is 0 Å². The average Bonchev–Trinajstić information content (AvgIpc) is 2.58. The zero-order chi connectivity index (χ0) is 18.0. The van der Waals surface area contributed by atoms with E-state index in [1.807, 2.05) is 0 Å². The molecule has 1 aromatic rings. The fraction of sp³-hybridized carbons (Fsp3) is 0.222. The number of carboxylic acids is 1. The summed E-state index contributed by atoms with van der Waals surface area (Å²) in [4.78, 5) is 35.5. The highest BCUT2D eigenvalue weighted by molar-refractivity contribution is 5.98. The van der Waals surface area contributed by atoms with E-state index >= 15 is 0 Å². The number of carbonyl (C=O) groups excluding carboxylic acids is 2. The van der Waals surface area contributed by atoms with Crippen LogP contribution >= 0.6 is 0 Å². The zero-order valence-corrected chi connectivity index (χ0v) is 13.0. The van der Waals surface area contributed by atoms with Crippen LogP contribution in [0.2, 0.25) is 0 Å². The molecule has 0 saturated carbocycles. The topological polar surface area (TPSA) is 92.7 Å². The number of hydrogen-bond acceptors (Lipinski definition) is 4. The van der Waals surface area contributed by atoms with Crippen molar-refractivity contribution in [3.63, 3.8) is 0 Å². The Morgan fingerprint density at radius 1 is 1.33 bits per heavy atom. The molecule has 6 heteroatoms. The van der Waals surface area contributed by atoms with Crippen molar-refractivity contribution in [3.8, 4) is 12.3 Å². The Bertz CT molecular complexity index is 694. The number of aliphatic carboxylic acids is 1. The summed E-state index contributed by atoms with van der Waals surface area (Å²) in [6.45, 7) is 3.14. The molecule has 0 aliphatic heterocycles. The van der Waals surface area contributed by atoms with E-state index < -0.39 is 23.4 Å². The molecule has 1 amide bonds. The number of hydrogen-bond donors (Lipinski definition) is 2. The molecule has 0 saturated heterocycles. The predicted octanol–water partition coefficient (Wildman–Crippen LogP) is 1.54. The van der Waals surface area contributed by atoms with Crippen molar-refractivity contribution in [2.75, 3.05) is 6.61 Å². The van der Waals surface area contributed by atoms with Crippen molar-refractivity contribution in [1.29, 1.82) is 0 Å². The molecule has 0 bridgehead atoms. The van der Waals surface area contributed by atoms with E-state index in [2.05, 4.69) is 23.5 Å². The smallest absolute Gasteiger partial charge is 0.334 e. The van der Waals surface area contributed by atoms with Gasteiger partial charge in [-0.2, -0.15) is 0 Å². The molecule has 0 fully saturated rings.